The molecule has 1 amide bonds. The van der Waals surface area contributed by atoms with E-state index in [9.17, 15) is 4.79 Å². The second-order valence-electron chi connectivity index (χ2n) is 3.30. The molecule has 2 rings (SSSR count). The summed E-state index contributed by atoms with van der Waals surface area (Å²) in [5, 5.41) is 3.22. The number of pyridine rings is 1. The molecule has 0 radical (unpaired) electrons. The minimum Gasteiger partial charge on any atom is -0.324 e. The van der Waals surface area contributed by atoms with Gasteiger partial charge in [-0.25, -0.2) is 4.98 Å². The van der Waals surface area contributed by atoms with Crippen molar-refractivity contribution in [2.45, 2.75) is 6.92 Å². The van der Waals surface area contributed by atoms with Gasteiger partial charge in [0.25, 0.3) is 5.91 Å². The van der Waals surface area contributed by atoms with Crippen LogP contribution in [-0.4, -0.2) is 15.9 Å². The third-order valence-corrected chi connectivity index (χ3v) is 2.83. The van der Waals surface area contributed by atoms with Crippen LogP contribution >= 0.6 is 11.3 Å². The first-order chi connectivity index (χ1) is 8.19. The molecule has 0 fully saturated rings. The molecule has 0 aromatic carbocycles. The summed E-state index contributed by atoms with van der Waals surface area (Å²) in [6, 6.07) is 3.24. The highest BCUT2D eigenvalue weighted by atomic mass is 32.1. The van der Waals surface area contributed by atoms with E-state index in [2.05, 4.69) is 20.7 Å². The number of nitrogens with zero attached hydrogens (tertiary/aromatic N) is 2. The summed E-state index contributed by atoms with van der Waals surface area (Å²) < 4.78 is 0. The number of aryl methyl sites for hydroxylation is 1. The Morgan fingerprint density at radius 2 is 2.29 bits per heavy atom. The monoisotopic (exact) mass is 249 g/mol. The third kappa shape index (κ3) is 2.77. The number of hydrogen-bond acceptors (Lipinski definition) is 6. The van der Waals surface area contributed by atoms with Gasteiger partial charge in [0.1, 0.15) is 5.69 Å². The molecule has 0 aliphatic rings. The predicted molar refractivity (Wildman–Crippen MR) is 66.9 cm³/mol. The van der Waals surface area contributed by atoms with Gasteiger partial charge in [-0.3, -0.25) is 20.9 Å². The van der Waals surface area contributed by atoms with Gasteiger partial charge in [-0.2, -0.15) is 0 Å². The molecule has 4 N–H and O–H groups in total. The largest absolute Gasteiger partial charge is 0.324 e. The molecule has 7 heteroatoms. The van der Waals surface area contributed by atoms with Crippen LogP contribution in [0.3, 0.4) is 0 Å². The predicted octanol–water partition coefficient (Wildman–Crippen LogP) is 1.38. The van der Waals surface area contributed by atoms with Crippen LogP contribution in [0, 0.1) is 6.92 Å². The highest BCUT2D eigenvalue weighted by Gasteiger charge is 2.09. The Hall–Kier alpha value is -1.99. The fraction of sp³-hybridized carbons (Fsp3) is 0.100. The van der Waals surface area contributed by atoms with Crippen molar-refractivity contribution in [3.63, 3.8) is 0 Å². The van der Waals surface area contributed by atoms with Crippen molar-refractivity contribution < 1.29 is 4.79 Å². The van der Waals surface area contributed by atoms with E-state index >= 15 is 0 Å². The number of anilines is 2. The van der Waals surface area contributed by atoms with Gasteiger partial charge in [0, 0.05) is 17.3 Å². The first-order valence-electron chi connectivity index (χ1n) is 4.85. The van der Waals surface area contributed by atoms with E-state index in [1.807, 2.05) is 6.92 Å². The van der Waals surface area contributed by atoms with Crippen molar-refractivity contribution in [2.75, 3.05) is 10.7 Å². The maximum Gasteiger partial charge on any atom is 0.276 e. The third-order valence-electron chi connectivity index (χ3n) is 2.00. The second kappa shape index (κ2) is 4.89. The molecule has 0 bridgehead atoms. The minimum atomic E-state index is -0.309. The zero-order valence-electron chi connectivity index (χ0n) is 9.10. The maximum absolute atomic E-state index is 11.8. The fourth-order valence-corrected chi connectivity index (χ4v) is 1.88. The first kappa shape index (κ1) is 11.5. The topological polar surface area (TPSA) is 92.9 Å². The molecule has 0 aliphatic heterocycles. The number of carbonyl (C=O) groups is 1. The smallest absolute Gasteiger partial charge is 0.276 e. The van der Waals surface area contributed by atoms with Gasteiger partial charge in [0.15, 0.2) is 5.13 Å². The van der Waals surface area contributed by atoms with Crippen molar-refractivity contribution in [3.8, 4) is 0 Å². The van der Waals surface area contributed by atoms with Gasteiger partial charge >= 0.3 is 0 Å². The van der Waals surface area contributed by atoms with Crippen LogP contribution < -0.4 is 16.6 Å². The lowest BCUT2D eigenvalue weighted by molar-refractivity contribution is 0.102. The Kier molecular flexibility index (Phi) is 3.31. The van der Waals surface area contributed by atoms with Crippen LogP contribution in [0.2, 0.25) is 0 Å². The van der Waals surface area contributed by atoms with E-state index in [4.69, 9.17) is 5.84 Å². The minimum absolute atomic E-state index is 0.285. The number of hydrogen-bond donors (Lipinski definition) is 3. The molecule has 0 atom stereocenters. The molecule has 0 unspecified atom stereocenters. The van der Waals surface area contributed by atoms with Crippen molar-refractivity contribution in [2.24, 2.45) is 5.84 Å². The summed E-state index contributed by atoms with van der Waals surface area (Å²) in [5.41, 5.74) is 3.37. The van der Waals surface area contributed by atoms with E-state index < -0.39 is 0 Å². The number of rotatable bonds is 3. The van der Waals surface area contributed by atoms with Crippen LogP contribution in [-0.2, 0) is 0 Å². The maximum atomic E-state index is 11.8. The van der Waals surface area contributed by atoms with Crippen molar-refractivity contribution >= 4 is 28.1 Å². The first-order valence-corrected chi connectivity index (χ1v) is 5.67. The van der Waals surface area contributed by atoms with Crippen LogP contribution in [0.15, 0.2) is 24.5 Å². The van der Waals surface area contributed by atoms with E-state index in [1.54, 1.807) is 18.3 Å². The standard InChI is InChI=1S/C10H11N5OS/c1-6-5-13-10(17-6)14-9(16)8-4-7(15-11)2-3-12-8/h2-5H,11H2,1H3,(H,12,15)(H,13,14,16). The molecule has 2 aromatic rings. The number of aromatic nitrogens is 2. The number of nitrogen functional groups attached to an aromatic ring is 1. The van der Waals surface area contributed by atoms with Crippen LogP contribution in [0.25, 0.3) is 0 Å². The van der Waals surface area contributed by atoms with E-state index in [-0.39, 0.29) is 11.6 Å². The quantitative estimate of drug-likeness (QED) is 0.564. The van der Waals surface area contributed by atoms with E-state index in [1.165, 1.54) is 17.5 Å². The van der Waals surface area contributed by atoms with Gasteiger partial charge in [-0.1, -0.05) is 0 Å². The van der Waals surface area contributed by atoms with Gasteiger partial charge in [0.2, 0.25) is 0 Å². The molecule has 0 saturated carbocycles. The Morgan fingerprint density at radius 3 is 2.94 bits per heavy atom. The number of nitrogens with one attached hydrogen (secondary N) is 2. The fourth-order valence-electron chi connectivity index (χ4n) is 1.22. The Labute approximate surface area is 102 Å². The van der Waals surface area contributed by atoms with Crippen LogP contribution in [0.1, 0.15) is 15.4 Å². The summed E-state index contributed by atoms with van der Waals surface area (Å²) in [4.78, 5) is 20.9. The zero-order valence-corrected chi connectivity index (χ0v) is 9.91. The highest BCUT2D eigenvalue weighted by molar-refractivity contribution is 7.15. The molecule has 0 spiro atoms. The molecule has 0 aliphatic carbocycles. The number of thiazole rings is 1. The molecule has 2 aromatic heterocycles. The normalized spacial score (nSPS) is 10.0. The summed E-state index contributed by atoms with van der Waals surface area (Å²) in [7, 11) is 0. The summed E-state index contributed by atoms with van der Waals surface area (Å²) in [5.74, 6) is 4.95. The molecule has 2 heterocycles. The van der Waals surface area contributed by atoms with Crippen molar-refractivity contribution in [1.29, 1.82) is 0 Å². The van der Waals surface area contributed by atoms with E-state index in [0.29, 0.717) is 10.8 Å². The lowest BCUT2D eigenvalue weighted by Crippen LogP contribution is -2.14. The van der Waals surface area contributed by atoms with Gasteiger partial charge in [0.05, 0.1) is 5.69 Å². The van der Waals surface area contributed by atoms with Crippen LogP contribution in [0.4, 0.5) is 10.8 Å². The van der Waals surface area contributed by atoms with E-state index in [0.717, 1.165) is 4.88 Å². The second-order valence-corrected chi connectivity index (χ2v) is 4.54. The highest BCUT2D eigenvalue weighted by Crippen LogP contribution is 2.17. The number of carbonyl (C=O) groups excluding carboxylic acids is 1. The SMILES string of the molecule is Cc1cnc(NC(=O)c2cc(NN)ccn2)s1. The van der Waals surface area contributed by atoms with Crippen LogP contribution in [0.5, 0.6) is 0 Å². The van der Waals surface area contributed by atoms with Crippen molar-refractivity contribution in [1.82, 2.24) is 9.97 Å². The average molecular weight is 249 g/mol. The molecule has 17 heavy (non-hydrogen) atoms. The number of hydrazine groups is 1. The Morgan fingerprint density at radius 1 is 1.47 bits per heavy atom. The molecule has 6 nitrogen and oxygen atoms in total. The Balaban J connectivity index is 2.14. The number of nitrogens with two attached hydrogens (primary N) is 1. The summed E-state index contributed by atoms with van der Waals surface area (Å²) in [6.45, 7) is 1.92. The molecule has 88 valence electrons. The van der Waals surface area contributed by atoms with Gasteiger partial charge in [-0.05, 0) is 19.1 Å². The van der Waals surface area contributed by atoms with Gasteiger partial charge in [-0.15, -0.1) is 11.3 Å². The molecular formula is C10H11N5OS. The Bertz CT molecular complexity index is 539. The summed E-state index contributed by atoms with van der Waals surface area (Å²) >= 11 is 1.41. The lowest BCUT2D eigenvalue weighted by atomic mass is 10.3. The van der Waals surface area contributed by atoms with Crippen molar-refractivity contribution in [3.05, 3.63) is 35.1 Å². The lowest BCUT2D eigenvalue weighted by Gasteiger charge is -2.03. The van der Waals surface area contributed by atoms with Gasteiger partial charge < -0.3 is 5.43 Å². The summed E-state index contributed by atoms with van der Waals surface area (Å²) in [6.07, 6.45) is 3.21. The molecular weight excluding hydrogens is 238 g/mol. The number of amides is 1. The zero-order chi connectivity index (χ0) is 12.3. The molecule has 0 saturated heterocycles. The average Bonchev–Trinajstić information content (AvgIpc) is 2.75.